The number of carboxylic acids is 1. The Hall–Kier alpha value is -1.91. The van der Waals surface area contributed by atoms with Crippen molar-refractivity contribution >= 4 is 11.9 Å². The summed E-state index contributed by atoms with van der Waals surface area (Å²) in [7, 11) is 0. The molecule has 0 radical (unpaired) electrons. The summed E-state index contributed by atoms with van der Waals surface area (Å²) < 4.78 is 0. The van der Waals surface area contributed by atoms with Gasteiger partial charge in [0.2, 0.25) is 0 Å². The molecule has 90 valence electrons. The Balaban J connectivity index is 1.91. The predicted octanol–water partition coefficient (Wildman–Crippen LogP) is 1.06. The summed E-state index contributed by atoms with van der Waals surface area (Å²) in [6.07, 6.45) is 5.00. The third kappa shape index (κ3) is 2.81. The molecule has 0 saturated heterocycles. The summed E-state index contributed by atoms with van der Waals surface area (Å²) in [6, 6.07) is 3.24. The fraction of sp³-hybridized carbons (Fsp3) is 0.417. The van der Waals surface area contributed by atoms with Crippen molar-refractivity contribution in [2.75, 3.05) is 0 Å². The van der Waals surface area contributed by atoms with Crippen LogP contribution >= 0.6 is 0 Å². The van der Waals surface area contributed by atoms with E-state index in [4.69, 9.17) is 5.11 Å². The van der Waals surface area contributed by atoms with Crippen LogP contribution in [0.15, 0.2) is 24.5 Å². The molecule has 2 atom stereocenters. The Morgan fingerprint density at radius 1 is 1.29 bits per heavy atom. The van der Waals surface area contributed by atoms with Crippen molar-refractivity contribution in [3.8, 4) is 0 Å². The van der Waals surface area contributed by atoms with Gasteiger partial charge in [-0.3, -0.25) is 14.6 Å². The topological polar surface area (TPSA) is 79.3 Å². The molecule has 0 unspecified atom stereocenters. The molecule has 17 heavy (non-hydrogen) atoms. The van der Waals surface area contributed by atoms with Gasteiger partial charge in [-0.05, 0) is 31.4 Å². The Morgan fingerprint density at radius 3 is 2.59 bits per heavy atom. The van der Waals surface area contributed by atoms with Gasteiger partial charge in [0.05, 0.1) is 5.92 Å². The number of aromatic nitrogens is 1. The average Bonchev–Trinajstić information content (AvgIpc) is 2.79. The first-order valence-electron chi connectivity index (χ1n) is 5.60. The quantitative estimate of drug-likeness (QED) is 0.819. The lowest BCUT2D eigenvalue weighted by atomic mass is 10.1. The standard InChI is InChI=1S/C12H14N2O3/c15-11(8-3-5-13-6-4-8)14-10-2-1-9(7-10)12(16)17/h3-6,9-10H,1-2,7H2,(H,14,15)(H,16,17)/t9-,10+/m0/s1. The van der Waals surface area contributed by atoms with Gasteiger partial charge in [0.15, 0.2) is 0 Å². The molecule has 1 aliphatic carbocycles. The molecule has 2 N–H and O–H groups in total. The molecule has 5 nitrogen and oxygen atoms in total. The molecule has 0 aromatic carbocycles. The molecule has 5 heteroatoms. The number of hydrogen-bond donors (Lipinski definition) is 2. The lowest BCUT2D eigenvalue weighted by Gasteiger charge is -2.12. The molecule has 0 spiro atoms. The van der Waals surface area contributed by atoms with Gasteiger partial charge < -0.3 is 10.4 Å². The third-order valence-corrected chi connectivity index (χ3v) is 3.06. The fourth-order valence-electron chi connectivity index (χ4n) is 2.11. The lowest BCUT2D eigenvalue weighted by Crippen LogP contribution is -2.33. The Kier molecular flexibility index (Phi) is 3.37. The first-order chi connectivity index (χ1) is 8.16. The molecule has 1 aromatic heterocycles. The molecule has 0 bridgehead atoms. The van der Waals surface area contributed by atoms with E-state index in [0.717, 1.165) is 6.42 Å². The SMILES string of the molecule is O=C(N[C@@H]1CC[C@H](C(=O)O)C1)c1ccncc1. The van der Waals surface area contributed by atoms with Crippen LogP contribution in [0.4, 0.5) is 0 Å². The number of carboxylic acid groups (broad SMARTS) is 1. The summed E-state index contributed by atoms with van der Waals surface area (Å²) in [5, 5.41) is 11.7. The van der Waals surface area contributed by atoms with E-state index in [9.17, 15) is 9.59 Å². The molecule has 1 aromatic rings. The maximum absolute atomic E-state index is 11.8. The molecule has 2 rings (SSSR count). The highest BCUT2D eigenvalue weighted by atomic mass is 16.4. The minimum atomic E-state index is -0.773. The number of nitrogens with one attached hydrogen (secondary N) is 1. The summed E-state index contributed by atoms with van der Waals surface area (Å²) in [6.45, 7) is 0. The van der Waals surface area contributed by atoms with Crippen LogP contribution in [0.2, 0.25) is 0 Å². The van der Waals surface area contributed by atoms with E-state index in [1.807, 2.05) is 0 Å². The van der Waals surface area contributed by atoms with Crippen molar-refractivity contribution in [2.45, 2.75) is 25.3 Å². The van der Waals surface area contributed by atoms with E-state index in [1.165, 1.54) is 0 Å². The van der Waals surface area contributed by atoms with Crippen LogP contribution in [0.25, 0.3) is 0 Å². The number of amides is 1. The van der Waals surface area contributed by atoms with Gasteiger partial charge in [0.1, 0.15) is 0 Å². The second-order valence-electron chi connectivity index (χ2n) is 4.25. The molecule has 1 fully saturated rings. The average molecular weight is 234 g/mol. The van der Waals surface area contributed by atoms with Crippen LogP contribution in [0, 0.1) is 5.92 Å². The van der Waals surface area contributed by atoms with Crippen LogP contribution in [-0.4, -0.2) is 28.0 Å². The van der Waals surface area contributed by atoms with E-state index >= 15 is 0 Å². The Morgan fingerprint density at radius 2 is 2.00 bits per heavy atom. The number of pyridine rings is 1. The van der Waals surface area contributed by atoms with Crippen molar-refractivity contribution in [1.82, 2.24) is 10.3 Å². The van der Waals surface area contributed by atoms with Crippen molar-refractivity contribution in [2.24, 2.45) is 5.92 Å². The largest absolute Gasteiger partial charge is 0.481 e. The second kappa shape index (κ2) is 4.95. The minimum Gasteiger partial charge on any atom is -0.481 e. The van der Waals surface area contributed by atoms with Gasteiger partial charge in [-0.25, -0.2) is 0 Å². The number of aliphatic carboxylic acids is 1. The molecule has 0 aliphatic heterocycles. The molecular formula is C12H14N2O3. The van der Waals surface area contributed by atoms with Gasteiger partial charge >= 0.3 is 5.97 Å². The summed E-state index contributed by atoms with van der Waals surface area (Å²) >= 11 is 0. The first kappa shape index (κ1) is 11.6. The highest BCUT2D eigenvalue weighted by Gasteiger charge is 2.30. The van der Waals surface area contributed by atoms with Crippen molar-refractivity contribution < 1.29 is 14.7 Å². The Bertz CT molecular complexity index is 419. The van der Waals surface area contributed by atoms with Gasteiger partial charge in [0.25, 0.3) is 5.91 Å². The number of carbonyl (C=O) groups excluding carboxylic acids is 1. The number of carbonyl (C=O) groups is 2. The highest BCUT2D eigenvalue weighted by Crippen LogP contribution is 2.25. The molecule has 1 amide bonds. The first-order valence-corrected chi connectivity index (χ1v) is 5.60. The van der Waals surface area contributed by atoms with Crippen molar-refractivity contribution in [3.05, 3.63) is 30.1 Å². The summed E-state index contributed by atoms with van der Waals surface area (Å²) in [5.41, 5.74) is 0.554. The van der Waals surface area contributed by atoms with Crippen LogP contribution < -0.4 is 5.32 Å². The molecule has 1 heterocycles. The predicted molar refractivity (Wildman–Crippen MR) is 60.5 cm³/mol. The number of hydrogen-bond acceptors (Lipinski definition) is 3. The zero-order chi connectivity index (χ0) is 12.3. The van der Waals surface area contributed by atoms with Crippen LogP contribution in [0.1, 0.15) is 29.6 Å². The van der Waals surface area contributed by atoms with Gasteiger partial charge in [-0.15, -0.1) is 0 Å². The number of rotatable bonds is 3. The van der Waals surface area contributed by atoms with Gasteiger partial charge in [-0.1, -0.05) is 0 Å². The third-order valence-electron chi connectivity index (χ3n) is 3.06. The molecule has 1 saturated carbocycles. The zero-order valence-corrected chi connectivity index (χ0v) is 9.30. The smallest absolute Gasteiger partial charge is 0.306 e. The summed E-state index contributed by atoms with van der Waals surface area (Å²) in [5.74, 6) is -1.26. The highest BCUT2D eigenvalue weighted by molar-refractivity contribution is 5.94. The summed E-state index contributed by atoms with van der Waals surface area (Å²) in [4.78, 5) is 26.4. The second-order valence-corrected chi connectivity index (χ2v) is 4.25. The monoisotopic (exact) mass is 234 g/mol. The van der Waals surface area contributed by atoms with Crippen molar-refractivity contribution in [1.29, 1.82) is 0 Å². The molecular weight excluding hydrogens is 220 g/mol. The van der Waals surface area contributed by atoms with Crippen LogP contribution in [0.3, 0.4) is 0 Å². The van der Waals surface area contributed by atoms with Crippen molar-refractivity contribution in [3.63, 3.8) is 0 Å². The Labute approximate surface area is 98.9 Å². The minimum absolute atomic E-state index is 0.0308. The van der Waals surface area contributed by atoms with E-state index < -0.39 is 5.97 Å². The zero-order valence-electron chi connectivity index (χ0n) is 9.30. The van der Waals surface area contributed by atoms with Crippen LogP contribution in [0.5, 0.6) is 0 Å². The number of nitrogens with zero attached hydrogens (tertiary/aromatic N) is 1. The maximum atomic E-state index is 11.8. The fourth-order valence-corrected chi connectivity index (χ4v) is 2.11. The lowest BCUT2D eigenvalue weighted by molar-refractivity contribution is -0.141. The van der Waals surface area contributed by atoms with E-state index in [0.29, 0.717) is 18.4 Å². The van der Waals surface area contributed by atoms with E-state index in [1.54, 1.807) is 24.5 Å². The van der Waals surface area contributed by atoms with E-state index in [2.05, 4.69) is 10.3 Å². The van der Waals surface area contributed by atoms with E-state index in [-0.39, 0.29) is 17.9 Å². The van der Waals surface area contributed by atoms with Gasteiger partial charge in [-0.2, -0.15) is 0 Å². The van der Waals surface area contributed by atoms with Gasteiger partial charge in [0, 0.05) is 24.0 Å². The molecule has 1 aliphatic rings. The normalized spacial score (nSPS) is 23.3. The van der Waals surface area contributed by atoms with Crippen LogP contribution in [-0.2, 0) is 4.79 Å². The maximum Gasteiger partial charge on any atom is 0.306 e.